The van der Waals surface area contributed by atoms with E-state index < -0.39 is 10.0 Å². The van der Waals surface area contributed by atoms with Gasteiger partial charge in [-0.1, -0.05) is 12.1 Å². The second-order valence-corrected chi connectivity index (χ2v) is 7.31. The highest BCUT2D eigenvalue weighted by Crippen LogP contribution is 2.29. The van der Waals surface area contributed by atoms with Crippen LogP contribution in [-0.4, -0.2) is 37.8 Å². The lowest BCUT2D eigenvalue weighted by atomic mass is 10.2. The van der Waals surface area contributed by atoms with Crippen LogP contribution >= 0.6 is 15.9 Å². The molecule has 1 heterocycles. The summed E-state index contributed by atoms with van der Waals surface area (Å²) in [5.41, 5.74) is 0.875. The lowest BCUT2D eigenvalue weighted by Crippen LogP contribution is -2.60. The highest BCUT2D eigenvalue weighted by atomic mass is 79.9. The molecule has 0 spiro atoms. The second kappa shape index (κ2) is 5.22. The standard InChI is InChI=1S/C12H15BrN2O3S/c1-8-4-3-5-11(12(8)13)19(17,18)15-6-10(7-15)14-9(2)16/h3-5,10H,6-7H2,1-2H3,(H,14,16). The third-order valence-electron chi connectivity index (χ3n) is 3.03. The van der Waals surface area contributed by atoms with Crippen molar-refractivity contribution >= 4 is 31.9 Å². The first kappa shape index (κ1) is 14.5. The van der Waals surface area contributed by atoms with Gasteiger partial charge in [0.2, 0.25) is 15.9 Å². The van der Waals surface area contributed by atoms with Crippen LogP contribution < -0.4 is 5.32 Å². The van der Waals surface area contributed by atoms with E-state index in [2.05, 4.69) is 21.2 Å². The van der Waals surface area contributed by atoms with Gasteiger partial charge in [-0.15, -0.1) is 0 Å². The topological polar surface area (TPSA) is 66.5 Å². The molecule has 1 fully saturated rings. The Balaban J connectivity index is 2.17. The van der Waals surface area contributed by atoms with Gasteiger partial charge in [-0.3, -0.25) is 4.79 Å². The first-order valence-electron chi connectivity index (χ1n) is 5.84. The molecule has 0 radical (unpaired) electrons. The third kappa shape index (κ3) is 2.82. The van der Waals surface area contributed by atoms with E-state index in [4.69, 9.17) is 0 Å². The Bertz CT molecular complexity index is 609. The summed E-state index contributed by atoms with van der Waals surface area (Å²) < 4.78 is 26.8. The number of amides is 1. The second-order valence-electron chi connectivity index (χ2n) is 4.61. The quantitative estimate of drug-likeness (QED) is 0.896. The highest BCUT2D eigenvalue weighted by molar-refractivity contribution is 9.10. The number of hydrogen-bond acceptors (Lipinski definition) is 3. The van der Waals surface area contributed by atoms with E-state index in [1.807, 2.05) is 13.0 Å². The van der Waals surface area contributed by atoms with Crippen LogP contribution in [0.3, 0.4) is 0 Å². The molecule has 1 aliphatic heterocycles. The molecule has 0 bridgehead atoms. The van der Waals surface area contributed by atoms with Crippen molar-refractivity contribution < 1.29 is 13.2 Å². The molecule has 1 aromatic rings. The molecule has 5 nitrogen and oxygen atoms in total. The van der Waals surface area contributed by atoms with E-state index in [9.17, 15) is 13.2 Å². The third-order valence-corrected chi connectivity index (χ3v) is 6.22. The van der Waals surface area contributed by atoms with E-state index in [1.54, 1.807) is 12.1 Å². The van der Waals surface area contributed by atoms with Crippen molar-refractivity contribution in [2.75, 3.05) is 13.1 Å². The highest BCUT2D eigenvalue weighted by Gasteiger charge is 2.37. The van der Waals surface area contributed by atoms with Gasteiger partial charge in [-0.25, -0.2) is 8.42 Å². The molecule has 0 atom stereocenters. The molecular formula is C12H15BrN2O3S. The number of halogens is 1. The van der Waals surface area contributed by atoms with Crippen molar-refractivity contribution in [1.29, 1.82) is 0 Å². The summed E-state index contributed by atoms with van der Waals surface area (Å²) in [5.74, 6) is -0.140. The lowest BCUT2D eigenvalue weighted by molar-refractivity contribution is -0.120. The zero-order valence-corrected chi connectivity index (χ0v) is 13.1. The Hall–Kier alpha value is -0.920. The maximum Gasteiger partial charge on any atom is 0.244 e. The summed E-state index contributed by atoms with van der Waals surface area (Å²) in [6.45, 7) is 3.91. The van der Waals surface area contributed by atoms with Crippen molar-refractivity contribution in [3.63, 3.8) is 0 Å². The molecule has 0 unspecified atom stereocenters. The molecule has 0 saturated carbocycles. The normalized spacial score (nSPS) is 17.0. The summed E-state index contributed by atoms with van der Waals surface area (Å²) in [7, 11) is -3.49. The molecule has 1 N–H and O–H groups in total. The van der Waals surface area contributed by atoms with Gasteiger partial charge in [0.25, 0.3) is 0 Å². The number of benzene rings is 1. The molecule has 2 rings (SSSR count). The summed E-state index contributed by atoms with van der Waals surface area (Å²) >= 11 is 3.32. The van der Waals surface area contributed by atoms with E-state index in [0.717, 1.165) is 5.56 Å². The summed E-state index contributed by atoms with van der Waals surface area (Å²) in [4.78, 5) is 11.2. The molecule has 0 aliphatic carbocycles. The summed E-state index contributed by atoms with van der Waals surface area (Å²) in [6, 6.07) is 5.06. The molecule has 1 aromatic carbocycles. The number of carbonyl (C=O) groups excluding carboxylic acids is 1. The van der Waals surface area contributed by atoms with Crippen LogP contribution in [-0.2, 0) is 14.8 Å². The van der Waals surface area contributed by atoms with E-state index in [-0.39, 0.29) is 16.8 Å². The predicted molar refractivity (Wildman–Crippen MR) is 75.2 cm³/mol. The zero-order chi connectivity index (χ0) is 14.2. The van der Waals surface area contributed by atoms with Gasteiger partial charge < -0.3 is 5.32 Å². The minimum absolute atomic E-state index is 0.0872. The SMILES string of the molecule is CC(=O)NC1CN(S(=O)(=O)c2cccc(C)c2Br)C1. The van der Waals surface area contributed by atoms with E-state index in [1.165, 1.54) is 11.2 Å². The Labute approximate surface area is 121 Å². The van der Waals surface area contributed by atoms with Crippen LogP contribution in [0.4, 0.5) is 0 Å². The molecule has 104 valence electrons. The van der Waals surface area contributed by atoms with Crippen molar-refractivity contribution in [3.8, 4) is 0 Å². The average Bonchev–Trinajstić information content (AvgIpc) is 2.26. The van der Waals surface area contributed by atoms with E-state index >= 15 is 0 Å². The fraction of sp³-hybridized carbons (Fsp3) is 0.417. The zero-order valence-electron chi connectivity index (χ0n) is 10.7. The predicted octanol–water partition coefficient (Wildman–Crippen LogP) is 1.27. The Morgan fingerprint density at radius 1 is 1.42 bits per heavy atom. The minimum atomic E-state index is -3.49. The summed E-state index contributed by atoms with van der Waals surface area (Å²) in [6.07, 6.45) is 0. The Kier molecular flexibility index (Phi) is 3.98. The van der Waals surface area contributed by atoms with Gasteiger partial charge in [0.15, 0.2) is 0 Å². The van der Waals surface area contributed by atoms with Crippen LogP contribution in [0.1, 0.15) is 12.5 Å². The van der Waals surface area contributed by atoms with Gasteiger partial charge in [0.1, 0.15) is 0 Å². The molecule has 1 amide bonds. The number of hydrogen-bond donors (Lipinski definition) is 1. The number of nitrogens with zero attached hydrogens (tertiary/aromatic N) is 1. The number of rotatable bonds is 3. The van der Waals surface area contributed by atoms with Gasteiger partial charge in [0, 0.05) is 24.5 Å². The first-order chi connectivity index (χ1) is 8.82. The minimum Gasteiger partial charge on any atom is -0.351 e. The number of nitrogens with one attached hydrogen (secondary N) is 1. The molecule has 7 heteroatoms. The Morgan fingerprint density at radius 2 is 2.05 bits per heavy atom. The number of aryl methyl sites for hydroxylation is 1. The maximum absolute atomic E-state index is 12.4. The van der Waals surface area contributed by atoms with Crippen LogP contribution in [0.5, 0.6) is 0 Å². The maximum atomic E-state index is 12.4. The first-order valence-corrected chi connectivity index (χ1v) is 8.08. The molecule has 1 aliphatic rings. The van der Waals surface area contributed by atoms with Crippen LogP contribution in [0.15, 0.2) is 27.6 Å². The van der Waals surface area contributed by atoms with Gasteiger partial charge in [-0.2, -0.15) is 4.31 Å². The largest absolute Gasteiger partial charge is 0.351 e. The molecule has 19 heavy (non-hydrogen) atoms. The van der Waals surface area contributed by atoms with Gasteiger partial charge >= 0.3 is 0 Å². The molecular weight excluding hydrogens is 332 g/mol. The van der Waals surface area contributed by atoms with Crippen molar-refractivity contribution in [3.05, 3.63) is 28.2 Å². The van der Waals surface area contributed by atoms with E-state index in [0.29, 0.717) is 17.6 Å². The fourth-order valence-corrected chi connectivity index (χ4v) is 4.52. The molecule has 1 saturated heterocycles. The fourth-order valence-electron chi connectivity index (χ4n) is 1.97. The van der Waals surface area contributed by atoms with Crippen LogP contribution in [0.2, 0.25) is 0 Å². The monoisotopic (exact) mass is 346 g/mol. The van der Waals surface area contributed by atoms with Crippen molar-refractivity contribution in [2.45, 2.75) is 24.8 Å². The summed E-state index contributed by atoms with van der Waals surface area (Å²) in [5, 5.41) is 2.70. The number of carbonyl (C=O) groups is 1. The lowest BCUT2D eigenvalue weighted by Gasteiger charge is -2.38. The number of sulfonamides is 1. The van der Waals surface area contributed by atoms with Crippen molar-refractivity contribution in [1.82, 2.24) is 9.62 Å². The van der Waals surface area contributed by atoms with Gasteiger partial charge in [0.05, 0.1) is 10.9 Å². The van der Waals surface area contributed by atoms with Crippen molar-refractivity contribution in [2.24, 2.45) is 0 Å². The average molecular weight is 347 g/mol. The smallest absolute Gasteiger partial charge is 0.244 e. The van der Waals surface area contributed by atoms with Gasteiger partial charge in [-0.05, 0) is 34.5 Å². The van der Waals surface area contributed by atoms with Crippen LogP contribution in [0, 0.1) is 6.92 Å². The molecule has 0 aromatic heterocycles. The van der Waals surface area contributed by atoms with Crippen LogP contribution in [0.25, 0.3) is 0 Å². The Morgan fingerprint density at radius 3 is 2.63 bits per heavy atom.